The summed E-state index contributed by atoms with van der Waals surface area (Å²) in [6, 6.07) is 4.09. The number of hydrogen-bond acceptors (Lipinski definition) is 3. The maximum absolute atomic E-state index is 14.0. The molecule has 4 nitrogen and oxygen atoms in total. The van der Waals surface area contributed by atoms with Crippen LogP contribution in [0, 0.1) is 5.82 Å². The molecular formula is C15H25FN2O2S. The summed E-state index contributed by atoms with van der Waals surface area (Å²) in [5.74, 6) is -0.703. The zero-order valence-electron chi connectivity index (χ0n) is 13.2. The van der Waals surface area contributed by atoms with E-state index in [1.54, 1.807) is 6.07 Å². The molecule has 1 atom stereocenters. The highest BCUT2D eigenvalue weighted by molar-refractivity contribution is 7.89. The second kappa shape index (κ2) is 7.87. The summed E-state index contributed by atoms with van der Waals surface area (Å²) in [4.78, 5) is -0.247. The van der Waals surface area contributed by atoms with Crippen LogP contribution in [0.2, 0.25) is 0 Å². The Morgan fingerprint density at radius 2 is 2.00 bits per heavy atom. The van der Waals surface area contributed by atoms with E-state index in [1.165, 1.54) is 23.5 Å². The zero-order chi connectivity index (χ0) is 16.0. The van der Waals surface area contributed by atoms with Crippen molar-refractivity contribution >= 4 is 10.0 Å². The van der Waals surface area contributed by atoms with Gasteiger partial charge in [0.2, 0.25) is 10.0 Å². The van der Waals surface area contributed by atoms with Crippen LogP contribution in [0.15, 0.2) is 23.1 Å². The number of nitrogens with one attached hydrogen (secondary N) is 1. The third kappa shape index (κ3) is 4.49. The molecule has 0 aliphatic heterocycles. The fourth-order valence-corrected chi connectivity index (χ4v) is 3.62. The van der Waals surface area contributed by atoms with Gasteiger partial charge < -0.3 is 5.32 Å². The molecule has 1 aromatic rings. The van der Waals surface area contributed by atoms with Crippen LogP contribution in [0.4, 0.5) is 4.39 Å². The maximum atomic E-state index is 14.0. The highest BCUT2D eigenvalue weighted by atomic mass is 32.2. The van der Waals surface area contributed by atoms with Crippen LogP contribution in [0.3, 0.4) is 0 Å². The maximum Gasteiger partial charge on any atom is 0.245 e. The molecule has 0 bridgehead atoms. The van der Waals surface area contributed by atoms with Crippen LogP contribution in [0.25, 0.3) is 0 Å². The molecule has 0 fully saturated rings. The third-order valence-electron chi connectivity index (χ3n) is 3.56. The Kier molecular flexibility index (Phi) is 6.77. The van der Waals surface area contributed by atoms with Crippen molar-refractivity contribution in [1.82, 2.24) is 9.62 Å². The van der Waals surface area contributed by atoms with Crippen LogP contribution in [0.5, 0.6) is 0 Å². The molecule has 0 amide bonds. The minimum atomic E-state index is -3.81. The van der Waals surface area contributed by atoms with Gasteiger partial charge in [0.05, 0.1) is 0 Å². The molecule has 1 rings (SSSR count). The molecule has 0 aliphatic carbocycles. The van der Waals surface area contributed by atoms with Gasteiger partial charge in [-0.1, -0.05) is 26.3 Å². The summed E-state index contributed by atoms with van der Waals surface area (Å²) >= 11 is 0. The Morgan fingerprint density at radius 3 is 2.57 bits per heavy atom. The molecule has 0 aromatic heterocycles. The van der Waals surface area contributed by atoms with Gasteiger partial charge in [0.25, 0.3) is 0 Å². The first-order chi connectivity index (χ1) is 9.84. The van der Waals surface area contributed by atoms with E-state index in [0.29, 0.717) is 6.54 Å². The van der Waals surface area contributed by atoms with E-state index < -0.39 is 15.8 Å². The predicted molar refractivity (Wildman–Crippen MR) is 83.1 cm³/mol. The summed E-state index contributed by atoms with van der Waals surface area (Å²) in [7, 11) is -2.30. The van der Waals surface area contributed by atoms with E-state index in [9.17, 15) is 12.8 Å². The van der Waals surface area contributed by atoms with Crippen molar-refractivity contribution in [1.29, 1.82) is 0 Å². The number of rotatable bonds is 8. The van der Waals surface area contributed by atoms with Crippen molar-refractivity contribution in [3.63, 3.8) is 0 Å². The second-order valence-electron chi connectivity index (χ2n) is 5.20. The van der Waals surface area contributed by atoms with Gasteiger partial charge in [-0.2, -0.15) is 4.31 Å². The summed E-state index contributed by atoms with van der Waals surface area (Å²) in [6.07, 6.45) is 1.62. The first kappa shape index (κ1) is 18.1. The lowest BCUT2D eigenvalue weighted by Crippen LogP contribution is -2.35. The molecular weight excluding hydrogens is 291 g/mol. The molecule has 21 heavy (non-hydrogen) atoms. The van der Waals surface area contributed by atoms with Crippen LogP contribution in [-0.2, 0) is 16.6 Å². The quantitative estimate of drug-likeness (QED) is 0.802. The largest absolute Gasteiger partial charge is 0.313 e. The molecule has 0 saturated carbocycles. The average molecular weight is 316 g/mol. The predicted octanol–water partition coefficient (Wildman–Crippen LogP) is 2.74. The minimum Gasteiger partial charge on any atom is -0.313 e. The van der Waals surface area contributed by atoms with E-state index in [1.807, 2.05) is 20.8 Å². The number of hydrogen-bond donors (Lipinski definition) is 1. The fourth-order valence-electron chi connectivity index (χ4n) is 2.12. The first-order valence-corrected chi connectivity index (χ1v) is 8.75. The standard InChI is InChI=1S/C15H25FN2O2S/c1-5-7-12(3)18(4)21(19,20)15-10-13(11-17-6-2)8-9-14(15)16/h8-10,12,17H,5-7,11H2,1-4H3. The van der Waals surface area contributed by atoms with E-state index in [-0.39, 0.29) is 10.9 Å². The first-order valence-electron chi connectivity index (χ1n) is 7.31. The van der Waals surface area contributed by atoms with Gasteiger partial charge in [-0.25, -0.2) is 12.8 Å². The number of benzene rings is 1. The summed E-state index contributed by atoms with van der Waals surface area (Å²) in [5.41, 5.74) is 0.758. The van der Waals surface area contributed by atoms with Gasteiger partial charge in [-0.3, -0.25) is 0 Å². The van der Waals surface area contributed by atoms with Gasteiger partial charge >= 0.3 is 0 Å². The highest BCUT2D eigenvalue weighted by Gasteiger charge is 2.27. The molecule has 6 heteroatoms. The van der Waals surface area contributed by atoms with E-state index in [4.69, 9.17) is 0 Å². The van der Waals surface area contributed by atoms with Crippen LogP contribution in [0.1, 0.15) is 39.2 Å². The SMILES string of the molecule is CCCC(C)N(C)S(=O)(=O)c1cc(CNCC)ccc1F. The Labute approximate surface area is 127 Å². The van der Waals surface area contributed by atoms with Gasteiger partial charge in [-0.05, 0) is 37.6 Å². The molecule has 0 radical (unpaired) electrons. The van der Waals surface area contributed by atoms with E-state index >= 15 is 0 Å². The number of halogens is 1. The molecule has 0 aliphatic rings. The Hall–Kier alpha value is -0.980. The molecule has 0 heterocycles. The van der Waals surface area contributed by atoms with Crippen molar-refractivity contribution in [2.75, 3.05) is 13.6 Å². The van der Waals surface area contributed by atoms with Crippen molar-refractivity contribution in [2.24, 2.45) is 0 Å². The smallest absolute Gasteiger partial charge is 0.245 e. The number of nitrogens with zero attached hydrogens (tertiary/aromatic N) is 1. The van der Waals surface area contributed by atoms with Gasteiger partial charge in [0.1, 0.15) is 10.7 Å². The summed E-state index contributed by atoms with van der Waals surface area (Å²) in [5, 5.41) is 3.10. The Bertz CT molecular complexity index is 561. The van der Waals surface area contributed by atoms with Crippen LogP contribution < -0.4 is 5.32 Å². The lowest BCUT2D eigenvalue weighted by atomic mass is 10.2. The minimum absolute atomic E-state index is 0.156. The topological polar surface area (TPSA) is 49.4 Å². The van der Waals surface area contributed by atoms with Gasteiger partial charge in [0, 0.05) is 19.6 Å². The lowest BCUT2D eigenvalue weighted by Gasteiger charge is -2.24. The van der Waals surface area contributed by atoms with Crippen molar-refractivity contribution < 1.29 is 12.8 Å². The van der Waals surface area contributed by atoms with Crippen molar-refractivity contribution in [3.8, 4) is 0 Å². The summed E-state index contributed by atoms with van der Waals surface area (Å²) in [6.45, 7) is 7.08. The Morgan fingerprint density at radius 1 is 1.33 bits per heavy atom. The molecule has 1 N–H and O–H groups in total. The van der Waals surface area contributed by atoms with Crippen molar-refractivity contribution in [3.05, 3.63) is 29.6 Å². The number of sulfonamides is 1. The molecule has 0 spiro atoms. The highest BCUT2D eigenvalue weighted by Crippen LogP contribution is 2.22. The van der Waals surface area contributed by atoms with E-state index in [2.05, 4.69) is 5.32 Å². The van der Waals surface area contributed by atoms with Gasteiger partial charge in [-0.15, -0.1) is 0 Å². The molecule has 120 valence electrons. The van der Waals surface area contributed by atoms with Gasteiger partial charge in [0.15, 0.2) is 0 Å². The Balaban J connectivity index is 3.12. The normalized spacial score (nSPS) is 13.6. The molecule has 1 aromatic carbocycles. The zero-order valence-corrected chi connectivity index (χ0v) is 14.0. The third-order valence-corrected chi connectivity index (χ3v) is 5.55. The fraction of sp³-hybridized carbons (Fsp3) is 0.600. The molecule has 1 unspecified atom stereocenters. The van der Waals surface area contributed by atoms with E-state index in [0.717, 1.165) is 24.9 Å². The monoisotopic (exact) mass is 316 g/mol. The summed E-state index contributed by atoms with van der Waals surface area (Å²) < 4.78 is 40.3. The van der Waals surface area contributed by atoms with Crippen LogP contribution in [-0.4, -0.2) is 32.4 Å². The average Bonchev–Trinajstić information content (AvgIpc) is 2.45. The van der Waals surface area contributed by atoms with Crippen LogP contribution >= 0.6 is 0 Å². The van der Waals surface area contributed by atoms with Crippen molar-refractivity contribution in [2.45, 2.75) is 51.1 Å². The second-order valence-corrected chi connectivity index (χ2v) is 7.17. The lowest BCUT2D eigenvalue weighted by molar-refractivity contribution is 0.366. The molecule has 0 saturated heterocycles.